The van der Waals surface area contributed by atoms with Crippen LogP contribution in [0.15, 0.2) is 24.5 Å². The van der Waals surface area contributed by atoms with Gasteiger partial charge in [0.1, 0.15) is 11.3 Å². The van der Waals surface area contributed by atoms with E-state index in [-0.39, 0.29) is 11.3 Å². The van der Waals surface area contributed by atoms with Crippen molar-refractivity contribution in [3.63, 3.8) is 0 Å². The lowest BCUT2D eigenvalue weighted by Crippen LogP contribution is -1.99. The largest absolute Gasteiger partial charge is 0.505 e. The van der Waals surface area contributed by atoms with Crippen molar-refractivity contribution < 1.29 is 15.0 Å². The second-order valence-corrected chi connectivity index (χ2v) is 2.70. The van der Waals surface area contributed by atoms with E-state index in [1.165, 1.54) is 6.20 Å². The van der Waals surface area contributed by atoms with Crippen LogP contribution in [0.3, 0.4) is 0 Å². The fourth-order valence-corrected chi connectivity index (χ4v) is 1.24. The third-order valence-electron chi connectivity index (χ3n) is 1.84. The summed E-state index contributed by atoms with van der Waals surface area (Å²) in [6.07, 6.45) is 2.59. The summed E-state index contributed by atoms with van der Waals surface area (Å²) < 4.78 is 0. The molecule has 0 saturated carbocycles. The van der Waals surface area contributed by atoms with Gasteiger partial charge in [0.2, 0.25) is 0 Å². The van der Waals surface area contributed by atoms with E-state index >= 15 is 0 Å². The minimum Gasteiger partial charge on any atom is -0.505 e. The Labute approximate surface area is 78.7 Å². The van der Waals surface area contributed by atoms with Gasteiger partial charge >= 0.3 is 5.97 Å². The van der Waals surface area contributed by atoms with Gasteiger partial charge in [0.15, 0.2) is 5.65 Å². The number of aromatic carboxylic acids is 1. The Balaban J connectivity index is 2.90. The maximum Gasteiger partial charge on any atom is 0.340 e. The maximum absolute atomic E-state index is 10.8. The Kier molecular flexibility index (Phi) is 1.78. The zero-order valence-corrected chi connectivity index (χ0v) is 7.01. The standard InChI is InChI=1S/C9H6N2O3/c12-6-4-11-8-5(2-1-3-10-8)7(6)9(13)14/h1-4,12H,(H,13,14). The number of carboxylic acids is 1. The molecular weight excluding hydrogens is 184 g/mol. The van der Waals surface area contributed by atoms with Crippen LogP contribution in [0.4, 0.5) is 0 Å². The Bertz CT molecular complexity index is 510. The van der Waals surface area contributed by atoms with Crippen LogP contribution in [0.2, 0.25) is 0 Å². The number of rotatable bonds is 1. The van der Waals surface area contributed by atoms with Gasteiger partial charge in [-0.05, 0) is 12.1 Å². The van der Waals surface area contributed by atoms with Gasteiger partial charge in [-0.25, -0.2) is 14.8 Å². The first-order valence-corrected chi connectivity index (χ1v) is 3.86. The molecule has 5 nitrogen and oxygen atoms in total. The van der Waals surface area contributed by atoms with Crippen molar-refractivity contribution in [1.29, 1.82) is 0 Å². The molecule has 0 saturated heterocycles. The number of nitrogens with zero attached hydrogens (tertiary/aromatic N) is 2. The molecule has 0 aliphatic rings. The fraction of sp³-hybridized carbons (Fsp3) is 0. The molecule has 2 heterocycles. The van der Waals surface area contributed by atoms with Crippen LogP contribution in [0.1, 0.15) is 10.4 Å². The number of fused-ring (bicyclic) bond motifs is 1. The van der Waals surface area contributed by atoms with Crippen molar-refractivity contribution in [1.82, 2.24) is 9.97 Å². The molecule has 0 aromatic carbocycles. The topological polar surface area (TPSA) is 83.3 Å². The van der Waals surface area contributed by atoms with Gasteiger partial charge < -0.3 is 10.2 Å². The highest BCUT2D eigenvalue weighted by atomic mass is 16.4. The van der Waals surface area contributed by atoms with Gasteiger partial charge in [-0.1, -0.05) is 0 Å². The van der Waals surface area contributed by atoms with Gasteiger partial charge in [0.05, 0.1) is 6.20 Å². The molecule has 2 aromatic heterocycles. The molecule has 0 amide bonds. The molecule has 14 heavy (non-hydrogen) atoms. The quantitative estimate of drug-likeness (QED) is 0.701. The van der Waals surface area contributed by atoms with Crippen molar-refractivity contribution >= 4 is 17.0 Å². The van der Waals surface area contributed by atoms with Crippen molar-refractivity contribution in [3.05, 3.63) is 30.1 Å². The SMILES string of the molecule is O=C(O)c1c(O)cnc2ncccc12. The molecule has 2 aromatic rings. The summed E-state index contributed by atoms with van der Waals surface area (Å²) in [5.41, 5.74) is 0.144. The van der Waals surface area contributed by atoms with Crippen molar-refractivity contribution in [2.24, 2.45) is 0 Å². The number of aromatic nitrogens is 2. The lowest BCUT2D eigenvalue weighted by molar-refractivity contribution is 0.0696. The molecule has 0 bridgehead atoms. The zero-order chi connectivity index (χ0) is 10.1. The average molecular weight is 190 g/mol. The Hall–Kier alpha value is -2.17. The van der Waals surface area contributed by atoms with E-state index in [0.29, 0.717) is 11.0 Å². The minimum atomic E-state index is -1.19. The monoisotopic (exact) mass is 190 g/mol. The van der Waals surface area contributed by atoms with E-state index in [9.17, 15) is 9.90 Å². The number of aromatic hydroxyl groups is 1. The minimum absolute atomic E-state index is 0.164. The molecule has 0 aliphatic heterocycles. The molecule has 0 radical (unpaired) electrons. The molecular formula is C9H6N2O3. The molecule has 0 atom stereocenters. The number of carboxylic acid groups (broad SMARTS) is 1. The first-order valence-electron chi connectivity index (χ1n) is 3.86. The first-order chi connectivity index (χ1) is 6.70. The van der Waals surface area contributed by atoms with Gasteiger partial charge in [0.25, 0.3) is 0 Å². The zero-order valence-electron chi connectivity index (χ0n) is 7.01. The third-order valence-corrected chi connectivity index (χ3v) is 1.84. The van der Waals surface area contributed by atoms with Crippen molar-refractivity contribution in [2.45, 2.75) is 0 Å². The van der Waals surface area contributed by atoms with Crippen LogP contribution >= 0.6 is 0 Å². The summed E-state index contributed by atoms with van der Waals surface area (Å²) >= 11 is 0. The second kappa shape index (κ2) is 2.95. The molecule has 0 spiro atoms. The van der Waals surface area contributed by atoms with Gasteiger partial charge in [-0.15, -0.1) is 0 Å². The summed E-state index contributed by atoms with van der Waals surface area (Å²) in [5.74, 6) is -1.54. The molecule has 0 fully saturated rings. The fourth-order valence-electron chi connectivity index (χ4n) is 1.24. The Morgan fingerprint density at radius 2 is 2.14 bits per heavy atom. The van der Waals surface area contributed by atoms with E-state index in [0.717, 1.165) is 6.20 Å². The number of pyridine rings is 2. The van der Waals surface area contributed by atoms with Crippen molar-refractivity contribution in [3.8, 4) is 5.75 Å². The van der Waals surface area contributed by atoms with Crippen LogP contribution in [0.5, 0.6) is 5.75 Å². The van der Waals surface area contributed by atoms with Gasteiger partial charge in [-0.2, -0.15) is 0 Å². The smallest absolute Gasteiger partial charge is 0.340 e. The molecule has 2 N–H and O–H groups in total. The average Bonchev–Trinajstić information content (AvgIpc) is 2.17. The summed E-state index contributed by atoms with van der Waals surface area (Å²) in [7, 11) is 0. The van der Waals surface area contributed by atoms with Crippen LogP contribution < -0.4 is 0 Å². The summed E-state index contributed by atoms with van der Waals surface area (Å²) in [6, 6.07) is 3.15. The van der Waals surface area contributed by atoms with E-state index in [1.54, 1.807) is 12.1 Å². The number of hydrogen-bond donors (Lipinski definition) is 2. The lowest BCUT2D eigenvalue weighted by Gasteiger charge is -2.02. The summed E-state index contributed by atoms with van der Waals surface area (Å²) in [4.78, 5) is 18.5. The van der Waals surface area contributed by atoms with E-state index in [4.69, 9.17) is 5.11 Å². The van der Waals surface area contributed by atoms with Crippen LogP contribution in [0, 0.1) is 0 Å². The molecule has 0 aliphatic carbocycles. The summed E-state index contributed by atoms with van der Waals surface area (Å²) in [5, 5.41) is 18.5. The number of carbonyl (C=O) groups is 1. The van der Waals surface area contributed by atoms with E-state index < -0.39 is 5.97 Å². The highest BCUT2D eigenvalue weighted by Crippen LogP contribution is 2.23. The third kappa shape index (κ3) is 1.15. The predicted molar refractivity (Wildman–Crippen MR) is 48.2 cm³/mol. The Morgan fingerprint density at radius 3 is 2.86 bits per heavy atom. The predicted octanol–water partition coefficient (Wildman–Crippen LogP) is 1.03. The van der Waals surface area contributed by atoms with Gasteiger partial charge in [0, 0.05) is 11.6 Å². The lowest BCUT2D eigenvalue weighted by atomic mass is 10.1. The van der Waals surface area contributed by atoms with E-state index in [2.05, 4.69) is 9.97 Å². The van der Waals surface area contributed by atoms with Crippen LogP contribution in [0.25, 0.3) is 11.0 Å². The molecule has 70 valence electrons. The number of hydrogen-bond acceptors (Lipinski definition) is 4. The van der Waals surface area contributed by atoms with Crippen molar-refractivity contribution in [2.75, 3.05) is 0 Å². The second-order valence-electron chi connectivity index (χ2n) is 2.70. The van der Waals surface area contributed by atoms with Gasteiger partial charge in [-0.3, -0.25) is 0 Å². The van der Waals surface area contributed by atoms with Crippen LogP contribution in [-0.2, 0) is 0 Å². The molecule has 0 unspecified atom stereocenters. The highest BCUT2D eigenvalue weighted by molar-refractivity contribution is 6.03. The summed E-state index contributed by atoms with van der Waals surface area (Å²) in [6.45, 7) is 0. The molecule has 5 heteroatoms. The molecule has 2 rings (SSSR count). The van der Waals surface area contributed by atoms with E-state index in [1.807, 2.05) is 0 Å². The maximum atomic E-state index is 10.8. The van der Waals surface area contributed by atoms with Crippen LogP contribution in [-0.4, -0.2) is 26.2 Å². The Morgan fingerprint density at radius 1 is 1.36 bits per heavy atom. The first kappa shape index (κ1) is 8.43. The highest BCUT2D eigenvalue weighted by Gasteiger charge is 2.14. The normalized spacial score (nSPS) is 10.3.